The van der Waals surface area contributed by atoms with E-state index in [9.17, 15) is 9.59 Å². The number of carbonyl (C=O) groups excluding carboxylic acids is 2. The molecule has 0 aliphatic carbocycles. The first-order valence-electron chi connectivity index (χ1n) is 12.2. The third kappa shape index (κ3) is 5.14. The summed E-state index contributed by atoms with van der Waals surface area (Å²) in [5.41, 5.74) is 4.96. The maximum Gasteiger partial charge on any atom is 0.282 e. The first-order chi connectivity index (χ1) is 16.9. The van der Waals surface area contributed by atoms with E-state index < -0.39 is 0 Å². The summed E-state index contributed by atoms with van der Waals surface area (Å²) in [6.07, 6.45) is 1.80. The lowest BCUT2D eigenvalue weighted by Gasteiger charge is -2.16. The molecule has 0 unspecified atom stereocenters. The monoisotopic (exact) mass is 468 g/mol. The van der Waals surface area contributed by atoms with E-state index in [0.29, 0.717) is 29.3 Å². The second-order valence-electron chi connectivity index (χ2n) is 8.99. The average Bonchev–Trinajstić information content (AvgIpc) is 3.12. The highest BCUT2D eigenvalue weighted by atomic mass is 16.5. The van der Waals surface area contributed by atoms with Crippen molar-refractivity contribution in [1.29, 1.82) is 0 Å². The maximum atomic E-state index is 13.6. The minimum Gasteiger partial charge on any atom is -0.494 e. The van der Waals surface area contributed by atoms with Crippen molar-refractivity contribution in [3.63, 3.8) is 0 Å². The predicted molar refractivity (Wildman–Crippen MR) is 142 cm³/mol. The van der Waals surface area contributed by atoms with Gasteiger partial charge in [0.1, 0.15) is 11.4 Å². The molecule has 35 heavy (non-hydrogen) atoms. The number of hydrogen-bond donors (Lipinski definition) is 1. The van der Waals surface area contributed by atoms with Crippen molar-refractivity contribution < 1.29 is 14.3 Å². The van der Waals surface area contributed by atoms with Crippen molar-refractivity contribution in [3.05, 3.63) is 95.2 Å². The van der Waals surface area contributed by atoms with Crippen LogP contribution in [0.5, 0.6) is 5.75 Å². The zero-order valence-electron chi connectivity index (χ0n) is 20.8. The number of carbonyl (C=O) groups is 2. The molecule has 5 nitrogen and oxygen atoms in total. The van der Waals surface area contributed by atoms with Gasteiger partial charge in [-0.25, -0.2) is 4.90 Å². The van der Waals surface area contributed by atoms with E-state index in [-0.39, 0.29) is 17.5 Å². The molecular formula is C30H32N2O3. The first kappa shape index (κ1) is 24.3. The Hall–Kier alpha value is -3.86. The summed E-state index contributed by atoms with van der Waals surface area (Å²) in [5.74, 6) is 0.429. The van der Waals surface area contributed by atoms with Gasteiger partial charge in [0.2, 0.25) is 0 Å². The summed E-state index contributed by atoms with van der Waals surface area (Å²) in [7, 11) is 0. The van der Waals surface area contributed by atoms with E-state index in [1.807, 2.05) is 72.8 Å². The summed E-state index contributed by atoms with van der Waals surface area (Å²) in [6.45, 7) is 9.02. The molecular weight excluding hydrogens is 436 g/mol. The van der Waals surface area contributed by atoms with Gasteiger partial charge < -0.3 is 10.1 Å². The van der Waals surface area contributed by atoms with Crippen molar-refractivity contribution in [3.8, 4) is 5.75 Å². The first-order valence-corrected chi connectivity index (χ1v) is 12.2. The number of amides is 2. The van der Waals surface area contributed by atoms with Gasteiger partial charge in [0.15, 0.2) is 0 Å². The molecule has 3 aromatic rings. The highest BCUT2D eigenvalue weighted by Gasteiger charge is 2.40. The number of ether oxygens (including phenoxy) is 1. The quantitative estimate of drug-likeness (QED) is 0.362. The highest BCUT2D eigenvalue weighted by molar-refractivity contribution is 6.46. The number of nitrogens with zero attached hydrogens (tertiary/aromatic N) is 1. The third-order valence-electron chi connectivity index (χ3n) is 6.15. The second-order valence-corrected chi connectivity index (χ2v) is 8.99. The number of benzene rings is 3. The van der Waals surface area contributed by atoms with Gasteiger partial charge in [0.05, 0.1) is 17.9 Å². The fourth-order valence-corrected chi connectivity index (χ4v) is 4.06. The Morgan fingerprint density at radius 1 is 0.829 bits per heavy atom. The van der Waals surface area contributed by atoms with Gasteiger partial charge in [-0.15, -0.1) is 0 Å². The van der Waals surface area contributed by atoms with Crippen molar-refractivity contribution in [2.75, 3.05) is 16.8 Å². The molecule has 0 radical (unpaired) electrons. The average molecular weight is 469 g/mol. The van der Waals surface area contributed by atoms with Crippen LogP contribution in [0.3, 0.4) is 0 Å². The molecule has 0 atom stereocenters. The molecule has 4 rings (SSSR count). The van der Waals surface area contributed by atoms with Crippen LogP contribution in [-0.4, -0.2) is 18.4 Å². The van der Waals surface area contributed by atoms with Crippen LogP contribution < -0.4 is 15.0 Å². The van der Waals surface area contributed by atoms with E-state index >= 15 is 0 Å². The Bertz CT molecular complexity index is 1220. The summed E-state index contributed by atoms with van der Waals surface area (Å²) in [5, 5.41) is 3.24. The van der Waals surface area contributed by atoms with Gasteiger partial charge in [-0.3, -0.25) is 9.59 Å². The normalized spacial score (nSPS) is 13.7. The minimum atomic E-state index is -0.367. The molecule has 2 amide bonds. The number of anilines is 2. The van der Waals surface area contributed by atoms with Crippen molar-refractivity contribution in [1.82, 2.24) is 0 Å². The van der Waals surface area contributed by atoms with E-state index in [4.69, 9.17) is 4.74 Å². The number of imide groups is 1. The highest BCUT2D eigenvalue weighted by Crippen LogP contribution is 2.34. The number of aryl methyl sites for hydroxylation is 1. The zero-order chi connectivity index (χ0) is 24.9. The van der Waals surface area contributed by atoms with Crippen LogP contribution in [0.15, 0.2) is 78.5 Å². The van der Waals surface area contributed by atoms with Crippen LogP contribution in [-0.2, 0) is 16.0 Å². The number of rotatable bonds is 9. The molecule has 0 saturated heterocycles. The van der Waals surface area contributed by atoms with Gasteiger partial charge >= 0.3 is 0 Å². The second kappa shape index (κ2) is 10.6. The van der Waals surface area contributed by atoms with E-state index in [2.05, 4.69) is 33.0 Å². The molecule has 0 aromatic heterocycles. The van der Waals surface area contributed by atoms with Crippen LogP contribution in [0.2, 0.25) is 0 Å². The largest absolute Gasteiger partial charge is 0.494 e. The summed E-state index contributed by atoms with van der Waals surface area (Å²) < 4.78 is 5.69. The lowest BCUT2D eigenvalue weighted by molar-refractivity contribution is -0.120. The van der Waals surface area contributed by atoms with Crippen LogP contribution >= 0.6 is 0 Å². The van der Waals surface area contributed by atoms with Crippen LogP contribution in [0.25, 0.3) is 5.57 Å². The van der Waals surface area contributed by atoms with Crippen LogP contribution in [0.1, 0.15) is 56.7 Å². The fraction of sp³-hybridized carbons (Fsp3) is 0.267. The molecule has 0 saturated carbocycles. The Balaban J connectivity index is 1.72. The molecule has 5 heteroatoms. The van der Waals surface area contributed by atoms with Gasteiger partial charge in [-0.05, 0) is 71.8 Å². The predicted octanol–water partition coefficient (Wildman–Crippen LogP) is 6.56. The molecule has 1 heterocycles. The van der Waals surface area contributed by atoms with Crippen LogP contribution in [0.4, 0.5) is 11.4 Å². The Morgan fingerprint density at radius 2 is 1.49 bits per heavy atom. The molecule has 0 fully saturated rings. The lowest BCUT2D eigenvalue weighted by atomic mass is 10.0. The topological polar surface area (TPSA) is 58.6 Å². The Kier molecular flexibility index (Phi) is 7.35. The van der Waals surface area contributed by atoms with Crippen molar-refractivity contribution in [2.45, 2.75) is 46.5 Å². The third-order valence-corrected chi connectivity index (χ3v) is 6.15. The van der Waals surface area contributed by atoms with Gasteiger partial charge in [-0.2, -0.15) is 0 Å². The van der Waals surface area contributed by atoms with Crippen molar-refractivity contribution in [2.24, 2.45) is 0 Å². The molecule has 1 aliphatic rings. The standard InChI is InChI=1S/C30H32N2O3/c1-5-19-35-26-17-11-23(12-18-26)27-28(31-24-13-9-22(10-14-24)20(3)4)30(34)32(29(27)33)25-15-7-21(6-2)8-16-25/h7-18,20,31H,5-6,19H2,1-4H3. The fourth-order valence-electron chi connectivity index (χ4n) is 4.06. The zero-order valence-corrected chi connectivity index (χ0v) is 20.8. The number of nitrogens with one attached hydrogen (secondary N) is 1. The molecule has 0 bridgehead atoms. The summed E-state index contributed by atoms with van der Waals surface area (Å²) in [4.78, 5) is 28.5. The van der Waals surface area contributed by atoms with Crippen LogP contribution in [0, 0.1) is 0 Å². The summed E-state index contributed by atoms with van der Waals surface area (Å²) in [6, 6.07) is 22.9. The SMILES string of the molecule is CCCOc1ccc(C2=C(Nc3ccc(C(C)C)cc3)C(=O)N(c3ccc(CC)cc3)C2=O)cc1. The molecule has 0 spiro atoms. The van der Waals surface area contributed by atoms with Gasteiger partial charge in [0, 0.05) is 5.69 Å². The Morgan fingerprint density at radius 3 is 2.06 bits per heavy atom. The van der Waals surface area contributed by atoms with E-state index in [1.54, 1.807) is 0 Å². The molecule has 1 N–H and O–H groups in total. The minimum absolute atomic E-state index is 0.272. The maximum absolute atomic E-state index is 13.6. The van der Waals surface area contributed by atoms with Gasteiger partial charge in [0.25, 0.3) is 11.8 Å². The van der Waals surface area contributed by atoms with E-state index in [1.165, 1.54) is 10.5 Å². The van der Waals surface area contributed by atoms with Gasteiger partial charge in [-0.1, -0.05) is 64.1 Å². The smallest absolute Gasteiger partial charge is 0.282 e. The number of hydrogen-bond acceptors (Lipinski definition) is 4. The van der Waals surface area contributed by atoms with Crippen molar-refractivity contribution >= 4 is 28.8 Å². The molecule has 180 valence electrons. The molecule has 3 aromatic carbocycles. The Labute approximate surface area is 207 Å². The summed E-state index contributed by atoms with van der Waals surface area (Å²) >= 11 is 0. The van der Waals surface area contributed by atoms with E-state index in [0.717, 1.165) is 29.8 Å². The lowest BCUT2D eigenvalue weighted by Crippen LogP contribution is -2.32. The molecule has 1 aliphatic heterocycles.